The summed E-state index contributed by atoms with van der Waals surface area (Å²) in [6.07, 6.45) is 1.80. The zero-order chi connectivity index (χ0) is 23.1. The van der Waals surface area contributed by atoms with E-state index in [1.807, 2.05) is 47.9 Å². The normalized spacial score (nSPS) is 17.9. The van der Waals surface area contributed by atoms with Crippen molar-refractivity contribution in [2.45, 2.75) is 25.9 Å². The van der Waals surface area contributed by atoms with Crippen LogP contribution in [0.5, 0.6) is 5.75 Å². The minimum atomic E-state index is -0.138. The van der Waals surface area contributed by atoms with Crippen molar-refractivity contribution in [3.05, 3.63) is 107 Å². The number of nitrogens with one attached hydrogen (secondary N) is 1. The number of pyridine rings is 1. The highest BCUT2D eigenvalue weighted by Gasteiger charge is 2.42. The number of hydrogen-bond donors (Lipinski definition) is 2. The van der Waals surface area contributed by atoms with Gasteiger partial charge in [-0.1, -0.05) is 35.9 Å². The van der Waals surface area contributed by atoms with Crippen molar-refractivity contribution >= 4 is 34.6 Å². The molecule has 1 aliphatic rings. The molecule has 2 aromatic carbocycles. The van der Waals surface area contributed by atoms with Crippen LogP contribution in [0.3, 0.4) is 0 Å². The molecule has 0 unspecified atom stereocenters. The maximum atomic E-state index is 10.6. The third kappa shape index (κ3) is 3.75. The highest BCUT2D eigenvalue weighted by atomic mass is 35.5. The average Bonchev–Trinajstić information content (AvgIpc) is 3.32. The Labute approximate surface area is 203 Å². The van der Waals surface area contributed by atoms with Crippen LogP contribution in [0.25, 0.3) is 5.69 Å². The van der Waals surface area contributed by atoms with Crippen molar-refractivity contribution in [1.82, 2.24) is 14.9 Å². The summed E-state index contributed by atoms with van der Waals surface area (Å²) >= 11 is 12.1. The van der Waals surface area contributed by atoms with E-state index in [4.69, 9.17) is 23.8 Å². The van der Waals surface area contributed by atoms with Crippen LogP contribution < -0.4 is 10.2 Å². The summed E-state index contributed by atoms with van der Waals surface area (Å²) in [5, 5.41) is 15.3. The van der Waals surface area contributed by atoms with E-state index in [0.717, 1.165) is 28.3 Å². The van der Waals surface area contributed by atoms with E-state index in [1.165, 1.54) is 0 Å². The molecule has 0 bridgehead atoms. The molecule has 0 amide bonds. The number of para-hydroxylation sites is 1. The number of aryl methyl sites for hydroxylation is 1. The highest BCUT2D eigenvalue weighted by molar-refractivity contribution is 7.80. The molecule has 0 radical (unpaired) electrons. The lowest BCUT2D eigenvalue weighted by molar-refractivity contribution is 0.471. The number of hydrogen-bond acceptors (Lipinski definition) is 3. The Morgan fingerprint density at radius 3 is 2.48 bits per heavy atom. The molecule has 2 N–H and O–H groups in total. The first-order chi connectivity index (χ1) is 16.0. The van der Waals surface area contributed by atoms with E-state index in [0.29, 0.717) is 15.8 Å². The molecule has 1 fully saturated rings. The second kappa shape index (κ2) is 8.54. The Morgan fingerprint density at radius 1 is 1.00 bits per heavy atom. The lowest BCUT2D eigenvalue weighted by Crippen LogP contribution is -2.29. The molecule has 7 heteroatoms. The van der Waals surface area contributed by atoms with Gasteiger partial charge in [-0.25, -0.2) is 0 Å². The standard InChI is InChI=1S/C26H23ClN4OS/c1-16-14-20(17(2)30(16)22-15-18(27)11-12-23(22)32)25-24(21-10-6-7-13-28-21)29-26(33)31(25)19-8-4-3-5-9-19/h3-15,24-25,32H,1-2H3,(H,29,33)/t24-,25-/m0/s1. The van der Waals surface area contributed by atoms with E-state index in [1.54, 1.807) is 24.4 Å². The van der Waals surface area contributed by atoms with Gasteiger partial charge in [-0.3, -0.25) is 4.98 Å². The van der Waals surface area contributed by atoms with E-state index >= 15 is 0 Å². The Kier molecular flexibility index (Phi) is 5.56. The van der Waals surface area contributed by atoms with Crippen LogP contribution in [-0.2, 0) is 0 Å². The number of phenols is 1. The highest BCUT2D eigenvalue weighted by Crippen LogP contribution is 2.44. The van der Waals surface area contributed by atoms with Crippen LogP contribution in [0, 0.1) is 13.8 Å². The average molecular weight is 475 g/mol. The lowest BCUT2D eigenvalue weighted by Gasteiger charge is -2.28. The quantitative estimate of drug-likeness (QED) is 0.354. The molecule has 0 saturated carbocycles. The van der Waals surface area contributed by atoms with Crippen LogP contribution in [0.1, 0.15) is 34.7 Å². The van der Waals surface area contributed by atoms with Crippen LogP contribution in [0.2, 0.25) is 5.02 Å². The molecule has 33 heavy (non-hydrogen) atoms. The van der Waals surface area contributed by atoms with Gasteiger partial charge in [-0.05, 0) is 80.2 Å². The van der Waals surface area contributed by atoms with Crippen LogP contribution in [-0.4, -0.2) is 19.8 Å². The van der Waals surface area contributed by atoms with Crippen molar-refractivity contribution in [1.29, 1.82) is 0 Å². The first-order valence-electron chi connectivity index (χ1n) is 10.7. The van der Waals surface area contributed by atoms with Gasteiger partial charge in [0, 0.05) is 28.3 Å². The second-order valence-electron chi connectivity index (χ2n) is 8.13. The molecular formula is C26H23ClN4OS. The van der Waals surface area contributed by atoms with Gasteiger partial charge < -0.3 is 19.9 Å². The van der Waals surface area contributed by atoms with Crippen LogP contribution >= 0.6 is 23.8 Å². The van der Waals surface area contributed by atoms with Gasteiger partial charge in [0.25, 0.3) is 0 Å². The number of aromatic hydroxyl groups is 1. The van der Waals surface area contributed by atoms with Gasteiger partial charge in [0.15, 0.2) is 5.11 Å². The fraction of sp³-hybridized carbons (Fsp3) is 0.154. The molecule has 166 valence electrons. The fourth-order valence-corrected chi connectivity index (χ4v) is 5.18. The van der Waals surface area contributed by atoms with Crippen LogP contribution in [0.4, 0.5) is 5.69 Å². The van der Waals surface area contributed by atoms with E-state index in [9.17, 15) is 5.11 Å². The van der Waals surface area contributed by atoms with Gasteiger partial charge >= 0.3 is 0 Å². The number of anilines is 1. The molecule has 2 atom stereocenters. The van der Waals surface area contributed by atoms with Gasteiger partial charge in [-0.15, -0.1) is 0 Å². The maximum absolute atomic E-state index is 10.6. The molecular weight excluding hydrogens is 452 g/mol. The molecule has 0 spiro atoms. The maximum Gasteiger partial charge on any atom is 0.174 e. The topological polar surface area (TPSA) is 53.3 Å². The number of aromatic nitrogens is 2. The zero-order valence-corrected chi connectivity index (χ0v) is 19.8. The first kappa shape index (κ1) is 21.5. The monoisotopic (exact) mass is 474 g/mol. The van der Waals surface area contributed by atoms with Gasteiger partial charge in [0.1, 0.15) is 5.75 Å². The molecule has 3 heterocycles. The molecule has 5 nitrogen and oxygen atoms in total. The van der Waals surface area contributed by atoms with Crippen molar-refractivity contribution in [2.24, 2.45) is 0 Å². The van der Waals surface area contributed by atoms with Crippen molar-refractivity contribution in [3.63, 3.8) is 0 Å². The Morgan fingerprint density at radius 2 is 1.76 bits per heavy atom. The Balaban J connectivity index is 1.70. The zero-order valence-electron chi connectivity index (χ0n) is 18.2. The first-order valence-corrected chi connectivity index (χ1v) is 11.5. The summed E-state index contributed by atoms with van der Waals surface area (Å²) in [4.78, 5) is 6.78. The summed E-state index contributed by atoms with van der Waals surface area (Å²) < 4.78 is 2.04. The molecule has 5 rings (SSSR count). The summed E-state index contributed by atoms with van der Waals surface area (Å²) in [7, 11) is 0. The fourth-order valence-electron chi connectivity index (χ4n) is 4.67. The smallest absolute Gasteiger partial charge is 0.174 e. The number of nitrogens with zero attached hydrogens (tertiary/aromatic N) is 3. The van der Waals surface area contributed by atoms with E-state index in [-0.39, 0.29) is 17.8 Å². The number of benzene rings is 2. The van der Waals surface area contributed by atoms with Gasteiger partial charge in [-0.2, -0.15) is 0 Å². The number of rotatable bonds is 4. The number of phenolic OH excluding ortho intramolecular Hbond substituents is 1. The molecule has 2 aromatic heterocycles. The second-order valence-corrected chi connectivity index (χ2v) is 8.95. The summed E-state index contributed by atoms with van der Waals surface area (Å²) in [6.45, 7) is 4.09. The predicted octanol–water partition coefficient (Wildman–Crippen LogP) is 6.03. The third-order valence-corrected chi connectivity index (χ3v) is 6.65. The predicted molar refractivity (Wildman–Crippen MR) is 136 cm³/mol. The summed E-state index contributed by atoms with van der Waals surface area (Å²) in [5.41, 5.74) is 5.67. The largest absolute Gasteiger partial charge is 0.506 e. The summed E-state index contributed by atoms with van der Waals surface area (Å²) in [5.74, 6) is 0.175. The van der Waals surface area contributed by atoms with Crippen molar-refractivity contribution < 1.29 is 5.11 Å². The lowest BCUT2D eigenvalue weighted by atomic mass is 9.96. The molecule has 4 aromatic rings. The molecule has 1 saturated heterocycles. The Hall–Kier alpha value is -3.35. The minimum absolute atomic E-state index is 0.129. The third-order valence-electron chi connectivity index (χ3n) is 6.10. The van der Waals surface area contributed by atoms with Crippen molar-refractivity contribution in [2.75, 3.05) is 4.90 Å². The van der Waals surface area contributed by atoms with E-state index in [2.05, 4.69) is 40.3 Å². The number of halogens is 1. The van der Waals surface area contributed by atoms with Gasteiger partial charge in [0.2, 0.25) is 0 Å². The number of thiocarbonyl (C=S) groups is 1. The SMILES string of the molecule is Cc1cc([C@H]2[C@H](c3ccccn3)NC(=S)N2c2ccccc2)c(C)n1-c1cc(Cl)ccc1O. The van der Waals surface area contributed by atoms with Crippen molar-refractivity contribution in [3.8, 4) is 11.4 Å². The molecule has 0 aliphatic carbocycles. The van der Waals surface area contributed by atoms with E-state index < -0.39 is 0 Å². The minimum Gasteiger partial charge on any atom is -0.506 e. The van der Waals surface area contributed by atoms with Gasteiger partial charge in [0.05, 0.1) is 23.5 Å². The van der Waals surface area contributed by atoms with Crippen LogP contribution in [0.15, 0.2) is 79.0 Å². The summed E-state index contributed by atoms with van der Waals surface area (Å²) in [6, 6.07) is 23.0. The Bertz CT molecular complexity index is 1320. The molecule has 1 aliphatic heterocycles.